The molecule has 3 nitrogen and oxygen atoms in total. The van der Waals surface area contributed by atoms with E-state index in [9.17, 15) is 0 Å². The van der Waals surface area contributed by atoms with Crippen LogP contribution in [0.4, 0.5) is 0 Å². The van der Waals surface area contributed by atoms with Gasteiger partial charge in [-0.1, -0.05) is 24.9 Å². The number of fused-ring (bicyclic) bond motifs is 2. The van der Waals surface area contributed by atoms with Crippen LogP contribution in [0, 0.1) is 0 Å². The molecule has 0 saturated heterocycles. The molecule has 0 fully saturated rings. The Morgan fingerprint density at radius 2 is 2.31 bits per heavy atom. The molecule has 1 aliphatic carbocycles. The summed E-state index contributed by atoms with van der Waals surface area (Å²) in [5.74, 6) is 0. The lowest BCUT2D eigenvalue weighted by atomic mass is 10.2. The van der Waals surface area contributed by atoms with Gasteiger partial charge in [-0.05, 0) is 25.7 Å². The number of hydrogen-bond acceptors (Lipinski definition) is 2. The number of rotatable bonds is 2. The minimum Gasteiger partial charge on any atom is -0.233 e. The molecule has 2 aromatic rings. The van der Waals surface area contributed by atoms with Gasteiger partial charge in [0.1, 0.15) is 5.15 Å². The van der Waals surface area contributed by atoms with Crippen LogP contribution in [0.25, 0.3) is 5.65 Å². The van der Waals surface area contributed by atoms with Gasteiger partial charge in [0.05, 0.1) is 5.69 Å². The van der Waals surface area contributed by atoms with E-state index >= 15 is 0 Å². The smallest absolute Gasteiger partial charge is 0.157 e. The van der Waals surface area contributed by atoms with E-state index in [-0.39, 0.29) is 0 Å². The standard InChI is InChI=1S/C12H14ClN3/c1-2-4-8-7-11-14-10-6-3-5-9(10)12(13)16(11)15-8/h7H,2-6H2,1H3. The van der Waals surface area contributed by atoms with Gasteiger partial charge in [0, 0.05) is 17.3 Å². The molecular formula is C12H14ClN3. The fourth-order valence-corrected chi connectivity index (χ4v) is 2.69. The predicted molar refractivity (Wildman–Crippen MR) is 64.0 cm³/mol. The highest BCUT2D eigenvalue weighted by Crippen LogP contribution is 2.28. The summed E-state index contributed by atoms with van der Waals surface area (Å²) in [4.78, 5) is 4.64. The summed E-state index contributed by atoms with van der Waals surface area (Å²) >= 11 is 6.36. The average Bonchev–Trinajstić information content (AvgIpc) is 2.85. The Hall–Kier alpha value is -1.09. The Labute approximate surface area is 99.4 Å². The van der Waals surface area contributed by atoms with Crippen LogP contribution in [0.5, 0.6) is 0 Å². The third-order valence-electron chi connectivity index (χ3n) is 3.12. The zero-order valence-electron chi connectivity index (χ0n) is 9.33. The van der Waals surface area contributed by atoms with Crippen molar-refractivity contribution in [3.05, 3.63) is 28.2 Å². The molecular weight excluding hydrogens is 222 g/mol. The van der Waals surface area contributed by atoms with Crippen molar-refractivity contribution in [3.8, 4) is 0 Å². The van der Waals surface area contributed by atoms with Crippen LogP contribution in [0.2, 0.25) is 5.15 Å². The topological polar surface area (TPSA) is 30.2 Å². The molecule has 0 aromatic carbocycles. The first-order valence-electron chi connectivity index (χ1n) is 5.85. The number of halogens is 1. The molecule has 0 radical (unpaired) electrons. The van der Waals surface area contributed by atoms with Crippen LogP contribution in [0.1, 0.15) is 36.7 Å². The van der Waals surface area contributed by atoms with Crippen molar-refractivity contribution >= 4 is 17.2 Å². The molecule has 0 saturated carbocycles. The van der Waals surface area contributed by atoms with Gasteiger partial charge in [0.2, 0.25) is 0 Å². The molecule has 3 rings (SSSR count). The van der Waals surface area contributed by atoms with Crippen molar-refractivity contribution in [2.75, 3.05) is 0 Å². The lowest BCUT2D eigenvalue weighted by Gasteiger charge is -2.03. The van der Waals surface area contributed by atoms with Gasteiger partial charge in [0.15, 0.2) is 5.65 Å². The van der Waals surface area contributed by atoms with Crippen molar-refractivity contribution in [2.24, 2.45) is 0 Å². The molecule has 2 aromatic heterocycles. The van der Waals surface area contributed by atoms with Crippen LogP contribution >= 0.6 is 11.6 Å². The van der Waals surface area contributed by atoms with Crippen molar-refractivity contribution in [2.45, 2.75) is 39.0 Å². The first kappa shape index (κ1) is 10.1. The van der Waals surface area contributed by atoms with E-state index in [1.165, 1.54) is 11.3 Å². The van der Waals surface area contributed by atoms with Gasteiger partial charge in [0.25, 0.3) is 0 Å². The monoisotopic (exact) mass is 235 g/mol. The van der Waals surface area contributed by atoms with Crippen LogP contribution in [0.3, 0.4) is 0 Å². The lowest BCUT2D eigenvalue weighted by Crippen LogP contribution is -1.99. The van der Waals surface area contributed by atoms with Crippen molar-refractivity contribution in [1.29, 1.82) is 0 Å². The highest BCUT2D eigenvalue weighted by molar-refractivity contribution is 6.30. The summed E-state index contributed by atoms with van der Waals surface area (Å²) in [7, 11) is 0. The maximum absolute atomic E-state index is 6.36. The summed E-state index contributed by atoms with van der Waals surface area (Å²) in [6, 6.07) is 2.05. The maximum Gasteiger partial charge on any atom is 0.157 e. The zero-order valence-corrected chi connectivity index (χ0v) is 10.1. The Morgan fingerprint density at radius 1 is 1.44 bits per heavy atom. The van der Waals surface area contributed by atoms with E-state index in [4.69, 9.17) is 11.6 Å². The molecule has 0 amide bonds. The highest BCUT2D eigenvalue weighted by Gasteiger charge is 2.19. The molecule has 0 N–H and O–H groups in total. The third-order valence-corrected chi connectivity index (χ3v) is 3.51. The van der Waals surface area contributed by atoms with Crippen molar-refractivity contribution in [1.82, 2.24) is 14.6 Å². The SMILES string of the molecule is CCCc1cc2nc3c(c(Cl)n2n1)CCC3. The summed E-state index contributed by atoms with van der Waals surface area (Å²) in [5, 5.41) is 5.27. The average molecular weight is 236 g/mol. The minimum atomic E-state index is 0.764. The molecule has 0 spiro atoms. The Bertz CT molecular complexity index is 545. The predicted octanol–water partition coefficient (Wildman–Crippen LogP) is 2.82. The second-order valence-electron chi connectivity index (χ2n) is 4.34. The van der Waals surface area contributed by atoms with E-state index in [0.717, 1.165) is 48.6 Å². The molecule has 0 atom stereocenters. The quantitative estimate of drug-likeness (QED) is 0.750. The molecule has 0 bridgehead atoms. The number of hydrogen-bond donors (Lipinski definition) is 0. The first-order valence-corrected chi connectivity index (χ1v) is 6.23. The third kappa shape index (κ3) is 1.42. The Morgan fingerprint density at radius 3 is 3.12 bits per heavy atom. The first-order chi connectivity index (χ1) is 7.79. The van der Waals surface area contributed by atoms with Crippen molar-refractivity contribution in [3.63, 3.8) is 0 Å². The minimum absolute atomic E-state index is 0.764. The van der Waals surface area contributed by atoms with E-state index in [2.05, 4.69) is 17.0 Å². The van der Waals surface area contributed by atoms with E-state index < -0.39 is 0 Å². The summed E-state index contributed by atoms with van der Waals surface area (Å²) < 4.78 is 1.79. The van der Waals surface area contributed by atoms with E-state index in [1.807, 2.05) is 6.07 Å². The fraction of sp³-hybridized carbons (Fsp3) is 0.500. The Kier molecular flexibility index (Phi) is 2.36. The zero-order chi connectivity index (χ0) is 11.1. The maximum atomic E-state index is 6.36. The molecule has 16 heavy (non-hydrogen) atoms. The lowest BCUT2D eigenvalue weighted by molar-refractivity contribution is 0.828. The van der Waals surface area contributed by atoms with E-state index in [0.29, 0.717) is 0 Å². The number of aryl methyl sites for hydroxylation is 2. The molecule has 1 aliphatic rings. The van der Waals surface area contributed by atoms with Gasteiger partial charge >= 0.3 is 0 Å². The summed E-state index contributed by atoms with van der Waals surface area (Å²) in [5.41, 5.74) is 4.34. The highest BCUT2D eigenvalue weighted by atomic mass is 35.5. The van der Waals surface area contributed by atoms with Gasteiger partial charge < -0.3 is 0 Å². The second kappa shape index (κ2) is 3.74. The normalized spacial score (nSPS) is 14.6. The summed E-state index contributed by atoms with van der Waals surface area (Å²) in [6.07, 6.45) is 5.35. The van der Waals surface area contributed by atoms with Gasteiger partial charge in [-0.15, -0.1) is 0 Å². The van der Waals surface area contributed by atoms with Crippen LogP contribution in [-0.2, 0) is 19.3 Å². The fourth-order valence-electron chi connectivity index (χ4n) is 2.36. The molecule has 84 valence electrons. The number of nitrogens with zero attached hydrogens (tertiary/aromatic N) is 3. The van der Waals surface area contributed by atoms with Crippen molar-refractivity contribution < 1.29 is 0 Å². The largest absolute Gasteiger partial charge is 0.233 e. The second-order valence-corrected chi connectivity index (χ2v) is 4.70. The van der Waals surface area contributed by atoms with Gasteiger partial charge in [-0.2, -0.15) is 5.10 Å². The molecule has 0 unspecified atom stereocenters. The van der Waals surface area contributed by atoms with E-state index in [1.54, 1.807) is 4.52 Å². The van der Waals surface area contributed by atoms with Gasteiger partial charge in [-0.3, -0.25) is 0 Å². The van der Waals surface area contributed by atoms with Gasteiger partial charge in [-0.25, -0.2) is 9.50 Å². The van der Waals surface area contributed by atoms with Crippen LogP contribution < -0.4 is 0 Å². The van der Waals surface area contributed by atoms with Crippen LogP contribution in [0.15, 0.2) is 6.07 Å². The molecule has 4 heteroatoms. The van der Waals surface area contributed by atoms with Crippen LogP contribution in [-0.4, -0.2) is 14.6 Å². The summed E-state index contributed by atoms with van der Waals surface area (Å²) in [6.45, 7) is 2.15. The molecule has 0 aliphatic heterocycles. The molecule has 2 heterocycles. The number of aromatic nitrogens is 3. The Balaban J connectivity index is 2.20.